The maximum Gasteiger partial charge on any atom is 0.140 e. The Kier molecular flexibility index (Phi) is 6.10. The van der Waals surface area contributed by atoms with Crippen molar-refractivity contribution >= 4 is 16.6 Å². The van der Waals surface area contributed by atoms with Crippen LogP contribution in [0.15, 0.2) is 66.9 Å². The average molecular weight is 468 g/mol. The molecule has 1 saturated heterocycles. The number of anilines is 1. The second-order valence-electron chi connectivity index (χ2n) is 8.92. The van der Waals surface area contributed by atoms with Gasteiger partial charge in [-0.15, -0.1) is 0 Å². The van der Waals surface area contributed by atoms with Crippen molar-refractivity contribution in [2.75, 3.05) is 25.1 Å². The van der Waals surface area contributed by atoms with Crippen LogP contribution in [0, 0.1) is 17.1 Å². The van der Waals surface area contributed by atoms with Gasteiger partial charge in [-0.25, -0.2) is 4.39 Å². The number of nitrogens with zero attached hydrogens (tertiary/aromatic N) is 3. The normalized spacial score (nSPS) is 17.9. The van der Waals surface area contributed by atoms with E-state index in [0.717, 1.165) is 41.0 Å². The quantitative estimate of drug-likeness (QED) is 0.358. The van der Waals surface area contributed by atoms with Crippen LogP contribution in [-0.2, 0) is 4.74 Å². The number of fused-ring (bicyclic) bond motifs is 1. The highest BCUT2D eigenvalue weighted by molar-refractivity contribution is 6.00. The molecular formula is C29H26FN3O2. The van der Waals surface area contributed by atoms with Crippen LogP contribution in [0.3, 0.4) is 0 Å². The summed E-state index contributed by atoms with van der Waals surface area (Å²) in [7, 11) is 1.55. The fraction of sp³-hybridized carbons (Fsp3) is 0.241. The molecule has 2 atom stereocenters. The maximum atomic E-state index is 15.1. The largest absolute Gasteiger partial charge is 0.495 e. The molecule has 5 rings (SSSR count). The predicted octanol–water partition coefficient (Wildman–Crippen LogP) is 6.20. The zero-order valence-corrected chi connectivity index (χ0v) is 20.0. The molecule has 3 aromatic carbocycles. The molecule has 0 spiro atoms. The van der Waals surface area contributed by atoms with E-state index in [0.29, 0.717) is 22.2 Å². The van der Waals surface area contributed by atoms with Gasteiger partial charge in [0, 0.05) is 36.1 Å². The minimum Gasteiger partial charge on any atom is -0.495 e. The van der Waals surface area contributed by atoms with E-state index in [1.807, 2.05) is 24.3 Å². The third kappa shape index (κ3) is 4.31. The van der Waals surface area contributed by atoms with Gasteiger partial charge in [-0.2, -0.15) is 5.26 Å². The Morgan fingerprint density at radius 2 is 1.57 bits per heavy atom. The molecule has 0 radical (unpaired) electrons. The number of aromatic nitrogens is 1. The van der Waals surface area contributed by atoms with E-state index in [2.05, 4.69) is 41.9 Å². The zero-order valence-electron chi connectivity index (χ0n) is 20.0. The Bertz CT molecular complexity index is 1400. The lowest BCUT2D eigenvalue weighted by Gasteiger charge is -2.36. The summed E-state index contributed by atoms with van der Waals surface area (Å²) >= 11 is 0. The predicted molar refractivity (Wildman–Crippen MR) is 136 cm³/mol. The number of ether oxygens (including phenoxy) is 2. The highest BCUT2D eigenvalue weighted by Crippen LogP contribution is 2.40. The third-order valence-electron chi connectivity index (χ3n) is 6.41. The summed E-state index contributed by atoms with van der Waals surface area (Å²) in [4.78, 5) is 6.99. The Balaban J connectivity index is 1.56. The van der Waals surface area contributed by atoms with E-state index in [9.17, 15) is 0 Å². The highest BCUT2D eigenvalue weighted by Gasteiger charge is 2.23. The molecule has 176 valence electrons. The van der Waals surface area contributed by atoms with Crippen molar-refractivity contribution in [2.24, 2.45) is 0 Å². The van der Waals surface area contributed by atoms with Crippen LogP contribution in [0.1, 0.15) is 19.4 Å². The van der Waals surface area contributed by atoms with Crippen LogP contribution in [0.2, 0.25) is 0 Å². The van der Waals surface area contributed by atoms with Crippen molar-refractivity contribution in [1.29, 1.82) is 5.26 Å². The van der Waals surface area contributed by atoms with Gasteiger partial charge in [0.15, 0.2) is 0 Å². The van der Waals surface area contributed by atoms with Crippen LogP contribution in [0.4, 0.5) is 10.1 Å². The van der Waals surface area contributed by atoms with Crippen LogP contribution >= 0.6 is 0 Å². The van der Waals surface area contributed by atoms with E-state index in [1.165, 1.54) is 6.07 Å². The number of methoxy groups -OCH3 is 1. The van der Waals surface area contributed by atoms with Crippen molar-refractivity contribution in [2.45, 2.75) is 26.1 Å². The Labute approximate surface area is 204 Å². The molecule has 1 unspecified atom stereocenters. The molecule has 0 N–H and O–H groups in total. The number of halogens is 1. The smallest absolute Gasteiger partial charge is 0.140 e. The second kappa shape index (κ2) is 9.36. The van der Waals surface area contributed by atoms with Crippen molar-refractivity contribution < 1.29 is 13.9 Å². The molecule has 2 heterocycles. The van der Waals surface area contributed by atoms with Crippen LogP contribution in [0.5, 0.6) is 5.75 Å². The second-order valence-corrected chi connectivity index (χ2v) is 8.92. The van der Waals surface area contributed by atoms with Gasteiger partial charge >= 0.3 is 0 Å². The van der Waals surface area contributed by atoms with E-state index in [1.54, 1.807) is 31.5 Å². The van der Waals surface area contributed by atoms with Gasteiger partial charge in [0.1, 0.15) is 11.6 Å². The standard InChI is InChI=1S/C29H26FN3O2/c1-18-16-33(17-19(2)35-18)23-10-8-22(9-11-23)25-15-32-28-24(21-6-4-20(14-31)5-7-21)12-13-26(30)27(28)29(25)34-3/h4-13,15,18-19H,16-17H2,1-3H3/t18-,19?/m1/s1. The number of morpholine rings is 1. The number of pyridine rings is 1. The van der Waals surface area contributed by atoms with Crippen molar-refractivity contribution in [3.8, 4) is 34.1 Å². The lowest BCUT2D eigenvalue weighted by molar-refractivity contribution is -0.00521. The Hall–Kier alpha value is -3.95. The van der Waals surface area contributed by atoms with Gasteiger partial charge in [-0.05, 0) is 61.4 Å². The molecule has 35 heavy (non-hydrogen) atoms. The molecule has 5 nitrogen and oxygen atoms in total. The topological polar surface area (TPSA) is 58.4 Å². The summed E-state index contributed by atoms with van der Waals surface area (Å²) in [6.07, 6.45) is 2.09. The fourth-order valence-corrected chi connectivity index (χ4v) is 4.85. The summed E-state index contributed by atoms with van der Waals surface area (Å²) in [5.74, 6) is 0.0564. The van der Waals surface area contributed by atoms with E-state index >= 15 is 4.39 Å². The summed E-state index contributed by atoms with van der Waals surface area (Å²) in [6, 6.07) is 20.6. The van der Waals surface area contributed by atoms with E-state index < -0.39 is 5.82 Å². The van der Waals surface area contributed by atoms with Crippen LogP contribution in [0.25, 0.3) is 33.2 Å². The molecule has 4 aromatic rings. The molecule has 6 heteroatoms. The first-order valence-corrected chi connectivity index (χ1v) is 11.6. The van der Waals surface area contributed by atoms with Gasteiger partial charge < -0.3 is 14.4 Å². The zero-order chi connectivity index (χ0) is 24.5. The SMILES string of the molecule is COc1c(-c2ccc(N3CC(C)O[C@H](C)C3)cc2)cnc2c(-c3ccc(C#N)cc3)ccc(F)c12. The summed E-state index contributed by atoms with van der Waals surface area (Å²) in [5.41, 5.74) is 5.47. The molecule has 1 fully saturated rings. The Morgan fingerprint density at radius 1 is 0.943 bits per heavy atom. The van der Waals surface area contributed by atoms with Gasteiger partial charge in [0.2, 0.25) is 0 Å². The van der Waals surface area contributed by atoms with E-state index in [-0.39, 0.29) is 12.2 Å². The van der Waals surface area contributed by atoms with Gasteiger partial charge in [0.25, 0.3) is 0 Å². The highest BCUT2D eigenvalue weighted by atomic mass is 19.1. The third-order valence-corrected chi connectivity index (χ3v) is 6.41. The van der Waals surface area contributed by atoms with Gasteiger partial charge in [-0.1, -0.05) is 24.3 Å². The van der Waals surface area contributed by atoms with Gasteiger partial charge in [-0.3, -0.25) is 4.98 Å². The summed E-state index contributed by atoms with van der Waals surface area (Å²) < 4.78 is 26.7. The van der Waals surface area contributed by atoms with Crippen molar-refractivity contribution in [1.82, 2.24) is 4.98 Å². The summed E-state index contributed by atoms with van der Waals surface area (Å²) in [5, 5.41) is 9.43. The number of benzene rings is 3. The van der Waals surface area contributed by atoms with Crippen LogP contribution in [-0.4, -0.2) is 37.4 Å². The molecule has 0 saturated carbocycles. The number of hydrogen-bond acceptors (Lipinski definition) is 5. The van der Waals surface area contributed by atoms with E-state index in [4.69, 9.17) is 14.7 Å². The molecule has 0 amide bonds. The molecule has 0 bridgehead atoms. The summed E-state index contributed by atoms with van der Waals surface area (Å²) in [6.45, 7) is 5.86. The average Bonchev–Trinajstić information content (AvgIpc) is 2.88. The van der Waals surface area contributed by atoms with Crippen LogP contribution < -0.4 is 9.64 Å². The minimum absolute atomic E-state index is 0.177. The first-order chi connectivity index (χ1) is 17.0. The fourth-order valence-electron chi connectivity index (χ4n) is 4.85. The first-order valence-electron chi connectivity index (χ1n) is 11.6. The monoisotopic (exact) mass is 467 g/mol. The number of hydrogen-bond donors (Lipinski definition) is 0. The molecule has 1 aliphatic rings. The minimum atomic E-state index is -0.392. The van der Waals surface area contributed by atoms with Crippen molar-refractivity contribution in [3.63, 3.8) is 0 Å². The Morgan fingerprint density at radius 3 is 2.20 bits per heavy atom. The molecular weight excluding hydrogens is 441 g/mol. The molecule has 1 aromatic heterocycles. The number of rotatable bonds is 4. The first kappa shape index (κ1) is 22.8. The molecule has 1 aliphatic heterocycles. The molecule has 0 aliphatic carbocycles. The van der Waals surface area contributed by atoms with Gasteiger partial charge in [0.05, 0.1) is 41.9 Å². The lowest BCUT2D eigenvalue weighted by atomic mass is 9.97. The number of nitriles is 1. The maximum absolute atomic E-state index is 15.1. The van der Waals surface area contributed by atoms with Crippen molar-refractivity contribution in [3.05, 3.63) is 78.2 Å². The lowest BCUT2D eigenvalue weighted by Crippen LogP contribution is -2.45.